The highest BCUT2D eigenvalue weighted by Gasteiger charge is 2.28. The van der Waals surface area contributed by atoms with Crippen molar-refractivity contribution in [3.63, 3.8) is 0 Å². The van der Waals surface area contributed by atoms with Crippen LogP contribution in [0.1, 0.15) is 39.4 Å². The first-order valence-electron chi connectivity index (χ1n) is 10.6. The maximum absolute atomic E-state index is 12.2. The first-order chi connectivity index (χ1) is 16.1. The minimum Gasteiger partial charge on any atom is -0.465 e. The third kappa shape index (κ3) is 4.83. The number of carbonyl (C=O) groups is 2. The second-order valence-electron chi connectivity index (χ2n) is 7.60. The Balaban J connectivity index is 1.29. The van der Waals surface area contributed by atoms with E-state index in [1.807, 2.05) is 24.3 Å². The van der Waals surface area contributed by atoms with Gasteiger partial charge in [0.25, 0.3) is 0 Å². The number of nitrogen functional groups attached to an aromatic ring is 1. The summed E-state index contributed by atoms with van der Waals surface area (Å²) in [6, 6.07) is 21.2. The fourth-order valence-electron chi connectivity index (χ4n) is 3.94. The second kappa shape index (κ2) is 9.92. The van der Waals surface area contributed by atoms with Gasteiger partial charge in [0, 0.05) is 30.1 Å². The van der Waals surface area contributed by atoms with Crippen molar-refractivity contribution in [3.8, 4) is 23.0 Å². The molecule has 0 unspecified atom stereocenters. The number of hydrogen-bond donors (Lipinski definition) is 2. The molecule has 3 aromatic carbocycles. The number of nitrogens with one attached hydrogen (secondary N) is 1. The van der Waals surface area contributed by atoms with Crippen LogP contribution in [0.2, 0.25) is 0 Å². The summed E-state index contributed by atoms with van der Waals surface area (Å²) in [6.07, 6.45) is -0.0719. The highest BCUT2D eigenvalue weighted by atomic mass is 16.5. The fraction of sp³-hybridized carbons (Fsp3) is 0.185. The molecule has 0 bridgehead atoms. The van der Waals surface area contributed by atoms with Gasteiger partial charge in [0.1, 0.15) is 6.61 Å². The molecule has 0 aromatic heterocycles. The van der Waals surface area contributed by atoms with Gasteiger partial charge in [-0.05, 0) is 40.5 Å². The lowest BCUT2D eigenvalue weighted by molar-refractivity contribution is 0.0600. The third-order valence-electron chi connectivity index (χ3n) is 5.56. The van der Waals surface area contributed by atoms with E-state index in [2.05, 4.69) is 41.4 Å². The van der Waals surface area contributed by atoms with E-state index in [4.69, 9.17) is 15.2 Å². The van der Waals surface area contributed by atoms with Gasteiger partial charge in [-0.15, -0.1) is 0 Å². The fourth-order valence-corrected chi connectivity index (χ4v) is 3.94. The lowest BCUT2D eigenvalue weighted by Crippen LogP contribution is -2.26. The van der Waals surface area contributed by atoms with Crippen LogP contribution in [0, 0.1) is 11.8 Å². The summed E-state index contributed by atoms with van der Waals surface area (Å²) in [5, 5.41) is 2.73. The van der Waals surface area contributed by atoms with Crippen molar-refractivity contribution < 1.29 is 19.1 Å². The Morgan fingerprint density at radius 1 is 1.00 bits per heavy atom. The lowest BCUT2D eigenvalue weighted by atomic mass is 9.98. The molecule has 1 aliphatic carbocycles. The van der Waals surface area contributed by atoms with Crippen LogP contribution in [-0.4, -0.2) is 32.3 Å². The van der Waals surface area contributed by atoms with E-state index in [-0.39, 0.29) is 12.5 Å². The predicted octanol–water partition coefficient (Wildman–Crippen LogP) is 4.34. The maximum Gasteiger partial charge on any atom is 0.407 e. The molecule has 0 saturated heterocycles. The summed E-state index contributed by atoms with van der Waals surface area (Å²) in [7, 11) is 1.32. The molecule has 3 N–H and O–H groups in total. The smallest absolute Gasteiger partial charge is 0.407 e. The number of benzene rings is 3. The quantitative estimate of drug-likeness (QED) is 0.267. The Kier molecular flexibility index (Phi) is 6.61. The number of methoxy groups -OCH3 is 1. The molecule has 0 spiro atoms. The minimum atomic E-state index is -0.481. The third-order valence-corrected chi connectivity index (χ3v) is 5.56. The van der Waals surface area contributed by atoms with Crippen LogP contribution < -0.4 is 11.1 Å². The summed E-state index contributed by atoms with van der Waals surface area (Å²) in [6.45, 7) is 0.600. The van der Waals surface area contributed by atoms with Crippen molar-refractivity contribution in [3.05, 3.63) is 89.0 Å². The lowest BCUT2D eigenvalue weighted by Gasteiger charge is -2.14. The van der Waals surface area contributed by atoms with Crippen LogP contribution in [-0.2, 0) is 9.47 Å². The standard InChI is InChI=1S/C27H24N2O4/c1-32-26(30)19-13-14-25(28)18(16-19)8-6-7-15-29-27(31)33-17-24-22-11-4-2-9-20(22)21-10-3-5-12-23(21)24/h2-5,9-14,16,24H,7,15,17,28H2,1H3,(H,29,31). The normalized spacial score (nSPS) is 11.5. The SMILES string of the molecule is COC(=O)c1ccc(N)c(C#CCCNC(=O)OCC2c3ccccc3-c3ccccc32)c1. The van der Waals surface area contributed by atoms with Crippen molar-refractivity contribution >= 4 is 17.7 Å². The molecular formula is C27H24N2O4. The second-order valence-corrected chi connectivity index (χ2v) is 7.60. The van der Waals surface area contributed by atoms with Gasteiger partial charge in [0.05, 0.1) is 12.7 Å². The van der Waals surface area contributed by atoms with Crippen LogP contribution in [0.4, 0.5) is 10.5 Å². The molecule has 0 radical (unpaired) electrons. The minimum absolute atomic E-state index is 0.0213. The number of fused-ring (bicyclic) bond motifs is 3. The highest BCUT2D eigenvalue weighted by Crippen LogP contribution is 2.44. The molecule has 1 amide bonds. The van der Waals surface area contributed by atoms with E-state index < -0.39 is 12.1 Å². The first-order valence-corrected chi connectivity index (χ1v) is 10.6. The molecule has 0 aliphatic heterocycles. The zero-order valence-electron chi connectivity index (χ0n) is 18.3. The predicted molar refractivity (Wildman–Crippen MR) is 127 cm³/mol. The van der Waals surface area contributed by atoms with E-state index in [9.17, 15) is 9.59 Å². The topological polar surface area (TPSA) is 90.6 Å². The van der Waals surface area contributed by atoms with Gasteiger partial charge in [-0.25, -0.2) is 9.59 Å². The maximum atomic E-state index is 12.2. The van der Waals surface area contributed by atoms with Gasteiger partial charge >= 0.3 is 12.1 Å². The number of rotatable bonds is 5. The van der Waals surface area contributed by atoms with E-state index >= 15 is 0 Å². The van der Waals surface area contributed by atoms with Gasteiger partial charge < -0.3 is 20.5 Å². The van der Waals surface area contributed by atoms with E-state index in [0.717, 1.165) is 0 Å². The number of amides is 1. The molecular weight excluding hydrogens is 416 g/mol. The number of hydrogen-bond acceptors (Lipinski definition) is 5. The Morgan fingerprint density at radius 3 is 2.33 bits per heavy atom. The zero-order valence-corrected chi connectivity index (χ0v) is 18.3. The van der Waals surface area contributed by atoms with Gasteiger partial charge in [0.15, 0.2) is 0 Å². The van der Waals surface area contributed by atoms with Crippen molar-refractivity contribution in [2.24, 2.45) is 0 Å². The summed E-state index contributed by atoms with van der Waals surface area (Å²) in [4.78, 5) is 23.9. The molecule has 0 heterocycles. The number of esters is 1. The summed E-state index contributed by atoms with van der Waals surface area (Å²) < 4.78 is 10.2. The molecule has 4 rings (SSSR count). The zero-order chi connectivity index (χ0) is 23.2. The Bertz CT molecular complexity index is 1210. The van der Waals surface area contributed by atoms with Crippen LogP contribution in [0.25, 0.3) is 11.1 Å². The van der Waals surface area contributed by atoms with E-state index in [1.54, 1.807) is 18.2 Å². The number of ether oxygens (including phenoxy) is 2. The number of alkyl carbamates (subject to hydrolysis) is 1. The van der Waals surface area contributed by atoms with Crippen LogP contribution in [0.15, 0.2) is 66.7 Å². The Morgan fingerprint density at radius 2 is 1.67 bits per heavy atom. The van der Waals surface area contributed by atoms with Crippen molar-refractivity contribution in [2.45, 2.75) is 12.3 Å². The molecule has 6 nitrogen and oxygen atoms in total. The van der Waals surface area contributed by atoms with Crippen LogP contribution in [0.3, 0.4) is 0 Å². The highest BCUT2D eigenvalue weighted by molar-refractivity contribution is 5.90. The largest absolute Gasteiger partial charge is 0.465 e. The summed E-state index contributed by atoms with van der Waals surface area (Å²) in [5.41, 5.74) is 12.0. The Hall–Kier alpha value is -4.24. The van der Waals surface area contributed by atoms with E-state index in [0.29, 0.717) is 29.8 Å². The van der Waals surface area contributed by atoms with Crippen molar-refractivity contribution in [1.29, 1.82) is 0 Å². The number of anilines is 1. The molecule has 6 heteroatoms. The van der Waals surface area contributed by atoms with E-state index in [1.165, 1.54) is 29.4 Å². The van der Waals surface area contributed by atoms with Crippen LogP contribution >= 0.6 is 0 Å². The summed E-state index contributed by atoms with van der Waals surface area (Å²) in [5.74, 6) is 5.45. The van der Waals surface area contributed by atoms with Crippen LogP contribution in [0.5, 0.6) is 0 Å². The van der Waals surface area contributed by atoms with Gasteiger partial charge in [0.2, 0.25) is 0 Å². The van der Waals surface area contributed by atoms with Gasteiger partial charge in [-0.3, -0.25) is 0 Å². The molecule has 0 fully saturated rings. The molecule has 3 aromatic rings. The number of nitrogens with two attached hydrogens (primary N) is 1. The van der Waals surface area contributed by atoms with Gasteiger partial charge in [-0.2, -0.15) is 0 Å². The average Bonchev–Trinajstić information content (AvgIpc) is 3.16. The first kappa shape index (κ1) is 22.0. The van der Waals surface area contributed by atoms with Crippen molar-refractivity contribution in [1.82, 2.24) is 5.32 Å². The average molecular weight is 440 g/mol. The Labute approximate surface area is 192 Å². The monoisotopic (exact) mass is 440 g/mol. The molecule has 166 valence electrons. The summed E-state index contributed by atoms with van der Waals surface area (Å²) >= 11 is 0. The van der Waals surface area contributed by atoms with Gasteiger partial charge in [-0.1, -0.05) is 60.4 Å². The molecule has 0 atom stereocenters. The molecule has 33 heavy (non-hydrogen) atoms. The molecule has 1 aliphatic rings. The van der Waals surface area contributed by atoms with Crippen molar-refractivity contribution in [2.75, 3.05) is 26.0 Å². The molecule has 0 saturated carbocycles. The number of carbonyl (C=O) groups excluding carboxylic acids is 2.